The van der Waals surface area contributed by atoms with E-state index >= 15 is 0 Å². The van der Waals surface area contributed by atoms with E-state index in [4.69, 9.17) is 4.74 Å². The summed E-state index contributed by atoms with van der Waals surface area (Å²) >= 11 is 0. The number of nitro groups is 1. The summed E-state index contributed by atoms with van der Waals surface area (Å²) < 4.78 is 5.87. The van der Waals surface area contributed by atoms with Crippen molar-refractivity contribution in [3.63, 3.8) is 0 Å². The molecule has 0 aromatic heterocycles. The molecule has 3 aliphatic heterocycles. The van der Waals surface area contributed by atoms with Gasteiger partial charge in [-0.1, -0.05) is 6.92 Å². The molecular formula is C18H26N4O3. The van der Waals surface area contributed by atoms with Gasteiger partial charge in [0.1, 0.15) is 12.4 Å². The zero-order chi connectivity index (χ0) is 17.4. The smallest absolute Gasteiger partial charge is 0.273 e. The third-order valence-electron chi connectivity index (χ3n) is 5.93. The van der Waals surface area contributed by atoms with Crippen LogP contribution in [0.4, 0.5) is 11.4 Å². The number of hydrogen-bond donors (Lipinski definition) is 0. The molecule has 0 bridgehead atoms. The van der Waals surface area contributed by atoms with Crippen LogP contribution < -0.4 is 9.64 Å². The summed E-state index contributed by atoms with van der Waals surface area (Å²) in [5.41, 5.74) is 1.10. The Hall–Kier alpha value is -1.86. The van der Waals surface area contributed by atoms with Gasteiger partial charge in [0.2, 0.25) is 0 Å². The first-order chi connectivity index (χ1) is 12.2. The number of hydrogen-bond acceptors (Lipinski definition) is 6. The minimum atomic E-state index is -0.365. The Morgan fingerprint density at radius 3 is 2.72 bits per heavy atom. The molecule has 3 heterocycles. The minimum absolute atomic E-state index is 0.0959. The maximum Gasteiger partial charge on any atom is 0.273 e. The van der Waals surface area contributed by atoms with Crippen molar-refractivity contribution in [1.82, 2.24) is 9.80 Å². The molecule has 3 aliphatic rings. The first kappa shape index (κ1) is 16.6. The largest absolute Gasteiger partial charge is 0.489 e. The summed E-state index contributed by atoms with van der Waals surface area (Å²) in [6, 6.07) is 6.00. The molecule has 1 atom stereocenters. The predicted octanol–water partition coefficient (Wildman–Crippen LogP) is 1.96. The Bertz CT molecular complexity index is 645. The van der Waals surface area contributed by atoms with E-state index in [9.17, 15) is 10.1 Å². The van der Waals surface area contributed by atoms with Gasteiger partial charge in [-0.3, -0.25) is 15.0 Å². The molecule has 0 spiro atoms. The molecule has 0 radical (unpaired) electrons. The molecule has 2 fully saturated rings. The van der Waals surface area contributed by atoms with E-state index in [1.807, 2.05) is 6.07 Å². The highest BCUT2D eigenvalue weighted by Gasteiger charge is 2.36. The lowest BCUT2D eigenvalue weighted by atomic mass is 10.00. The number of benzene rings is 1. The monoisotopic (exact) mass is 346 g/mol. The number of fused-ring (bicyclic) bond motifs is 3. The molecule has 7 nitrogen and oxygen atoms in total. The van der Waals surface area contributed by atoms with Crippen molar-refractivity contribution in [1.29, 1.82) is 0 Å². The highest BCUT2D eigenvalue weighted by molar-refractivity contribution is 5.64. The predicted molar refractivity (Wildman–Crippen MR) is 96.4 cm³/mol. The highest BCUT2D eigenvalue weighted by atomic mass is 16.6. The second kappa shape index (κ2) is 6.80. The summed E-state index contributed by atoms with van der Waals surface area (Å²) in [6.07, 6.45) is 2.51. The maximum atomic E-state index is 11.0. The number of rotatable bonds is 3. The van der Waals surface area contributed by atoms with Crippen molar-refractivity contribution in [3.05, 3.63) is 28.3 Å². The average Bonchev–Trinajstić information content (AvgIpc) is 2.67. The van der Waals surface area contributed by atoms with Crippen molar-refractivity contribution >= 4 is 11.4 Å². The van der Waals surface area contributed by atoms with E-state index in [1.165, 1.54) is 25.9 Å². The van der Waals surface area contributed by atoms with Crippen LogP contribution >= 0.6 is 0 Å². The van der Waals surface area contributed by atoms with E-state index < -0.39 is 0 Å². The molecule has 7 heteroatoms. The number of nitrogens with zero attached hydrogens (tertiary/aromatic N) is 4. The molecule has 0 amide bonds. The van der Waals surface area contributed by atoms with Gasteiger partial charge in [-0.25, -0.2) is 0 Å². The van der Waals surface area contributed by atoms with Gasteiger partial charge in [-0.05, 0) is 38.5 Å². The van der Waals surface area contributed by atoms with E-state index in [1.54, 1.807) is 12.1 Å². The van der Waals surface area contributed by atoms with Gasteiger partial charge >= 0.3 is 0 Å². The van der Waals surface area contributed by atoms with Crippen LogP contribution in [0.2, 0.25) is 0 Å². The van der Waals surface area contributed by atoms with Gasteiger partial charge in [0.15, 0.2) is 0 Å². The van der Waals surface area contributed by atoms with E-state index in [-0.39, 0.29) is 10.6 Å². The van der Waals surface area contributed by atoms with Crippen LogP contribution in [0.3, 0.4) is 0 Å². The second-order valence-corrected chi connectivity index (χ2v) is 7.23. The van der Waals surface area contributed by atoms with Crippen molar-refractivity contribution < 1.29 is 9.66 Å². The lowest BCUT2D eigenvalue weighted by molar-refractivity contribution is -0.384. The third-order valence-corrected chi connectivity index (χ3v) is 5.93. The second-order valence-electron chi connectivity index (χ2n) is 7.23. The minimum Gasteiger partial charge on any atom is -0.489 e. The van der Waals surface area contributed by atoms with Crippen molar-refractivity contribution in [2.45, 2.75) is 31.8 Å². The summed E-state index contributed by atoms with van der Waals surface area (Å²) in [5, 5.41) is 11.0. The summed E-state index contributed by atoms with van der Waals surface area (Å²) in [5.74, 6) is 0.648. The van der Waals surface area contributed by atoms with Gasteiger partial charge < -0.3 is 14.5 Å². The molecule has 0 aliphatic carbocycles. The molecule has 1 aromatic rings. The van der Waals surface area contributed by atoms with Crippen LogP contribution in [0.15, 0.2) is 18.2 Å². The fraction of sp³-hybridized carbons (Fsp3) is 0.667. The fourth-order valence-corrected chi connectivity index (χ4v) is 4.43. The van der Waals surface area contributed by atoms with Crippen LogP contribution in [0.1, 0.15) is 19.8 Å². The number of anilines is 1. The quantitative estimate of drug-likeness (QED) is 0.616. The SMILES string of the molecule is CCN1CCC(N2CCN3c4ccc([N+](=O)[O-])cc4OC[C@@H]3C2)CC1. The third kappa shape index (κ3) is 3.18. The van der Waals surface area contributed by atoms with E-state index in [0.29, 0.717) is 24.4 Å². The number of non-ortho nitro benzene ring substituents is 1. The van der Waals surface area contributed by atoms with Crippen LogP contribution in [-0.2, 0) is 0 Å². The molecule has 0 unspecified atom stereocenters. The molecular weight excluding hydrogens is 320 g/mol. The number of ether oxygens (including phenoxy) is 1. The standard InChI is InChI=1S/C18H26N4O3/c1-2-19-7-5-14(6-8-19)20-9-10-21-16(12-20)13-25-18-11-15(22(23)24)3-4-17(18)21/h3-4,11,14,16H,2,5-10,12-13H2,1H3/t16-/m0/s1. The highest BCUT2D eigenvalue weighted by Crippen LogP contribution is 2.38. The number of likely N-dealkylation sites (tertiary alicyclic amines) is 1. The molecule has 0 saturated carbocycles. The number of piperidine rings is 1. The lowest BCUT2D eigenvalue weighted by Gasteiger charge is -2.49. The Balaban J connectivity index is 1.43. The molecule has 0 N–H and O–H groups in total. The summed E-state index contributed by atoms with van der Waals surface area (Å²) in [4.78, 5) is 18.1. The van der Waals surface area contributed by atoms with Crippen LogP contribution in [0.5, 0.6) is 5.75 Å². The van der Waals surface area contributed by atoms with Crippen LogP contribution in [0.25, 0.3) is 0 Å². The van der Waals surface area contributed by atoms with Gasteiger partial charge in [-0.15, -0.1) is 0 Å². The maximum absolute atomic E-state index is 11.0. The first-order valence-corrected chi connectivity index (χ1v) is 9.30. The molecule has 136 valence electrons. The average molecular weight is 346 g/mol. The Labute approximate surface area is 148 Å². The van der Waals surface area contributed by atoms with E-state index in [0.717, 1.165) is 31.9 Å². The summed E-state index contributed by atoms with van der Waals surface area (Å²) in [7, 11) is 0. The molecule has 1 aromatic carbocycles. The van der Waals surface area contributed by atoms with Gasteiger partial charge in [0.25, 0.3) is 5.69 Å². The zero-order valence-electron chi connectivity index (χ0n) is 14.8. The van der Waals surface area contributed by atoms with Crippen LogP contribution in [-0.4, -0.2) is 72.7 Å². The number of piperazine rings is 1. The lowest BCUT2D eigenvalue weighted by Crippen LogP contribution is -2.60. The Morgan fingerprint density at radius 1 is 1.20 bits per heavy atom. The Morgan fingerprint density at radius 2 is 2.00 bits per heavy atom. The zero-order valence-corrected chi connectivity index (χ0v) is 14.8. The van der Waals surface area contributed by atoms with Gasteiger partial charge in [0.05, 0.1) is 22.7 Å². The van der Waals surface area contributed by atoms with Crippen LogP contribution in [0, 0.1) is 10.1 Å². The number of nitro benzene ring substituents is 1. The fourth-order valence-electron chi connectivity index (χ4n) is 4.43. The Kier molecular flexibility index (Phi) is 4.52. The molecule has 4 rings (SSSR count). The van der Waals surface area contributed by atoms with Gasteiger partial charge in [-0.2, -0.15) is 0 Å². The van der Waals surface area contributed by atoms with Crippen molar-refractivity contribution in [2.24, 2.45) is 0 Å². The first-order valence-electron chi connectivity index (χ1n) is 9.30. The normalized spacial score (nSPS) is 25.2. The molecule has 2 saturated heterocycles. The molecule has 25 heavy (non-hydrogen) atoms. The summed E-state index contributed by atoms with van der Waals surface area (Å²) in [6.45, 7) is 9.45. The van der Waals surface area contributed by atoms with Gasteiger partial charge in [0, 0.05) is 31.7 Å². The van der Waals surface area contributed by atoms with Crippen molar-refractivity contribution in [3.8, 4) is 5.75 Å². The van der Waals surface area contributed by atoms with E-state index in [2.05, 4.69) is 21.6 Å². The van der Waals surface area contributed by atoms with Crippen molar-refractivity contribution in [2.75, 3.05) is 50.8 Å². The topological polar surface area (TPSA) is 62.1 Å².